The van der Waals surface area contributed by atoms with Crippen molar-refractivity contribution in [2.24, 2.45) is 0 Å². The number of para-hydroxylation sites is 1. The van der Waals surface area contributed by atoms with Crippen molar-refractivity contribution in [1.29, 1.82) is 0 Å². The van der Waals surface area contributed by atoms with Gasteiger partial charge in [-0.15, -0.1) is 0 Å². The predicted molar refractivity (Wildman–Crippen MR) is 218 cm³/mol. The van der Waals surface area contributed by atoms with Gasteiger partial charge in [-0.3, -0.25) is 0 Å². The standard InChI is InChI=1S/C50H35N/c1-3-13-38(14-4-1)48-25-11-17-40-18-12-26-49(50(40)48)42-20-9-19-41(35-42)36-27-31-44(32-28-36)51(43-21-5-2-6-22-43)45-33-29-39(30-34-45)47-24-10-16-37-15-7-8-23-46(37)47/h1-35H. The van der Waals surface area contributed by atoms with Gasteiger partial charge in [0.15, 0.2) is 0 Å². The molecule has 9 rings (SSSR count). The van der Waals surface area contributed by atoms with Gasteiger partial charge in [-0.1, -0.05) is 170 Å². The monoisotopic (exact) mass is 649 g/mol. The second kappa shape index (κ2) is 13.3. The van der Waals surface area contributed by atoms with Crippen molar-refractivity contribution in [1.82, 2.24) is 0 Å². The summed E-state index contributed by atoms with van der Waals surface area (Å²) in [5.41, 5.74) is 13.1. The third-order valence-corrected chi connectivity index (χ3v) is 9.86. The van der Waals surface area contributed by atoms with Crippen molar-refractivity contribution in [2.45, 2.75) is 0 Å². The average molecular weight is 650 g/mol. The predicted octanol–water partition coefficient (Wildman–Crippen LogP) is 14.1. The molecule has 240 valence electrons. The molecule has 51 heavy (non-hydrogen) atoms. The van der Waals surface area contributed by atoms with Crippen molar-refractivity contribution in [3.8, 4) is 44.5 Å². The van der Waals surface area contributed by atoms with Crippen LogP contribution in [0.5, 0.6) is 0 Å². The van der Waals surface area contributed by atoms with E-state index in [1.54, 1.807) is 0 Å². The largest absolute Gasteiger partial charge is 0.311 e. The fourth-order valence-corrected chi connectivity index (χ4v) is 7.40. The smallest absolute Gasteiger partial charge is 0.0462 e. The van der Waals surface area contributed by atoms with Gasteiger partial charge in [0.05, 0.1) is 0 Å². The molecule has 0 heterocycles. The highest BCUT2D eigenvalue weighted by molar-refractivity contribution is 6.06. The molecule has 0 unspecified atom stereocenters. The summed E-state index contributed by atoms with van der Waals surface area (Å²) in [6.07, 6.45) is 0. The van der Waals surface area contributed by atoms with Gasteiger partial charge in [-0.2, -0.15) is 0 Å². The van der Waals surface area contributed by atoms with E-state index in [9.17, 15) is 0 Å². The van der Waals surface area contributed by atoms with Crippen molar-refractivity contribution in [3.05, 3.63) is 212 Å². The topological polar surface area (TPSA) is 3.24 Å². The summed E-state index contributed by atoms with van der Waals surface area (Å²) in [6.45, 7) is 0. The first-order chi connectivity index (χ1) is 25.3. The number of hydrogen-bond acceptors (Lipinski definition) is 1. The maximum Gasteiger partial charge on any atom is 0.0462 e. The minimum absolute atomic E-state index is 1.11. The van der Waals surface area contributed by atoms with Crippen LogP contribution in [0.15, 0.2) is 212 Å². The van der Waals surface area contributed by atoms with Gasteiger partial charge in [0.1, 0.15) is 0 Å². The number of fused-ring (bicyclic) bond motifs is 2. The molecule has 0 aliphatic carbocycles. The van der Waals surface area contributed by atoms with Gasteiger partial charge >= 0.3 is 0 Å². The Hall–Kier alpha value is -6.70. The van der Waals surface area contributed by atoms with Crippen LogP contribution >= 0.6 is 0 Å². The summed E-state index contributed by atoms with van der Waals surface area (Å²) in [4.78, 5) is 2.33. The first-order valence-corrected chi connectivity index (χ1v) is 17.5. The Kier molecular flexibility index (Phi) is 7.92. The van der Waals surface area contributed by atoms with Crippen LogP contribution in [-0.4, -0.2) is 0 Å². The number of hydrogen-bond donors (Lipinski definition) is 0. The second-order valence-corrected chi connectivity index (χ2v) is 12.9. The molecule has 1 nitrogen and oxygen atoms in total. The number of benzene rings is 9. The van der Waals surface area contributed by atoms with E-state index >= 15 is 0 Å². The summed E-state index contributed by atoms with van der Waals surface area (Å²) >= 11 is 0. The molecular formula is C50H35N. The molecule has 1 heteroatoms. The molecule has 0 atom stereocenters. The van der Waals surface area contributed by atoms with Crippen LogP contribution in [0.4, 0.5) is 17.1 Å². The van der Waals surface area contributed by atoms with Crippen molar-refractivity contribution >= 4 is 38.6 Å². The zero-order chi connectivity index (χ0) is 34.0. The summed E-state index contributed by atoms with van der Waals surface area (Å²) in [5.74, 6) is 0. The number of nitrogens with zero attached hydrogens (tertiary/aromatic N) is 1. The van der Waals surface area contributed by atoms with E-state index in [4.69, 9.17) is 0 Å². The lowest BCUT2D eigenvalue weighted by Gasteiger charge is -2.26. The van der Waals surface area contributed by atoms with Gasteiger partial charge in [-0.25, -0.2) is 0 Å². The number of anilines is 3. The summed E-state index contributed by atoms with van der Waals surface area (Å²) in [6, 6.07) is 76.5. The SMILES string of the molecule is c1ccc(-c2cccc3cccc(-c4cccc(-c5ccc(N(c6ccccc6)c6ccc(-c7cccc8ccccc78)cc6)cc5)c4)c23)cc1. The minimum Gasteiger partial charge on any atom is -0.311 e. The van der Waals surface area contributed by atoms with Crippen LogP contribution in [0.3, 0.4) is 0 Å². The number of rotatable bonds is 7. The van der Waals surface area contributed by atoms with E-state index in [0.717, 1.165) is 17.1 Å². The van der Waals surface area contributed by atoms with Crippen molar-refractivity contribution in [3.63, 3.8) is 0 Å². The molecule has 0 saturated carbocycles. The maximum absolute atomic E-state index is 2.33. The maximum atomic E-state index is 2.33. The van der Waals surface area contributed by atoms with E-state index in [1.165, 1.54) is 66.1 Å². The molecular weight excluding hydrogens is 615 g/mol. The van der Waals surface area contributed by atoms with Crippen LogP contribution in [0.1, 0.15) is 0 Å². The lowest BCUT2D eigenvalue weighted by atomic mass is 9.90. The van der Waals surface area contributed by atoms with Crippen LogP contribution in [0.2, 0.25) is 0 Å². The van der Waals surface area contributed by atoms with Gasteiger partial charge < -0.3 is 4.90 Å². The molecule has 0 amide bonds. The first kappa shape index (κ1) is 30.4. The van der Waals surface area contributed by atoms with E-state index in [0.29, 0.717) is 0 Å². The highest BCUT2D eigenvalue weighted by Crippen LogP contribution is 2.40. The lowest BCUT2D eigenvalue weighted by Crippen LogP contribution is -2.09. The van der Waals surface area contributed by atoms with Crippen molar-refractivity contribution < 1.29 is 0 Å². The minimum atomic E-state index is 1.11. The first-order valence-electron chi connectivity index (χ1n) is 17.5. The van der Waals surface area contributed by atoms with Crippen LogP contribution < -0.4 is 4.90 Å². The highest BCUT2D eigenvalue weighted by Gasteiger charge is 2.15. The molecule has 0 N–H and O–H groups in total. The normalized spacial score (nSPS) is 11.1. The molecule has 0 spiro atoms. The fraction of sp³-hybridized carbons (Fsp3) is 0. The van der Waals surface area contributed by atoms with E-state index in [-0.39, 0.29) is 0 Å². The Labute approximate surface area is 299 Å². The van der Waals surface area contributed by atoms with E-state index < -0.39 is 0 Å². The summed E-state index contributed by atoms with van der Waals surface area (Å²) in [7, 11) is 0. The summed E-state index contributed by atoms with van der Waals surface area (Å²) < 4.78 is 0. The van der Waals surface area contributed by atoms with Crippen LogP contribution in [-0.2, 0) is 0 Å². The Morgan fingerprint density at radius 2 is 0.706 bits per heavy atom. The van der Waals surface area contributed by atoms with Crippen LogP contribution in [0, 0.1) is 0 Å². The average Bonchev–Trinajstić information content (AvgIpc) is 3.21. The lowest BCUT2D eigenvalue weighted by molar-refractivity contribution is 1.28. The summed E-state index contributed by atoms with van der Waals surface area (Å²) in [5, 5.41) is 5.05. The Bertz CT molecular complexity index is 2590. The Balaban J connectivity index is 1.07. The molecule has 9 aromatic carbocycles. The molecule has 9 aromatic rings. The van der Waals surface area contributed by atoms with Gasteiger partial charge in [0, 0.05) is 17.1 Å². The molecule has 0 fully saturated rings. The van der Waals surface area contributed by atoms with Gasteiger partial charge in [0.2, 0.25) is 0 Å². The van der Waals surface area contributed by atoms with Gasteiger partial charge in [0.25, 0.3) is 0 Å². The van der Waals surface area contributed by atoms with E-state index in [1.807, 2.05) is 0 Å². The molecule has 0 aromatic heterocycles. The second-order valence-electron chi connectivity index (χ2n) is 12.9. The Morgan fingerprint density at radius 3 is 1.41 bits per heavy atom. The third-order valence-electron chi connectivity index (χ3n) is 9.86. The highest BCUT2D eigenvalue weighted by atomic mass is 15.1. The van der Waals surface area contributed by atoms with Crippen LogP contribution in [0.25, 0.3) is 66.1 Å². The Morgan fingerprint density at radius 1 is 0.255 bits per heavy atom. The zero-order valence-electron chi connectivity index (χ0n) is 28.2. The zero-order valence-corrected chi connectivity index (χ0v) is 28.2. The molecule has 0 bridgehead atoms. The molecule has 0 radical (unpaired) electrons. The van der Waals surface area contributed by atoms with E-state index in [2.05, 4.69) is 217 Å². The molecule has 0 aliphatic rings. The quantitative estimate of drug-likeness (QED) is 0.166. The fourth-order valence-electron chi connectivity index (χ4n) is 7.40. The third kappa shape index (κ3) is 5.86. The molecule has 0 saturated heterocycles. The van der Waals surface area contributed by atoms with Crippen molar-refractivity contribution in [2.75, 3.05) is 4.90 Å². The molecule has 0 aliphatic heterocycles. The van der Waals surface area contributed by atoms with Gasteiger partial charge in [-0.05, 0) is 109 Å².